The summed E-state index contributed by atoms with van der Waals surface area (Å²) in [4.78, 5) is 7.18. The monoisotopic (exact) mass is 490 g/mol. The van der Waals surface area contributed by atoms with Gasteiger partial charge in [0.1, 0.15) is 17.6 Å². The summed E-state index contributed by atoms with van der Waals surface area (Å²) in [5, 5.41) is 6.72. The molecule has 1 aromatic rings. The Labute approximate surface area is 181 Å². The van der Waals surface area contributed by atoms with Gasteiger partial charge in [0.05, 0.1) is 13.7 Å². The van der Waals surface area contributed by atoms with Crippen LogP contribution in [0.5, 0.6) is 11.5 Å². The van der Waals surface area contributed by atoms with Crippen LogP contribution in [0.4, 0.5) is 0 Å². The number of nitrogens with zero attached hydrogens (tertiary/aromatic N) is 2. The number of guanidine groups is 1. The summed E-state index contributed by atoms with van der Waals surface area (Å²) in [6.45, 7) is 10.2. The molecule has 154 valence electrons. The van der Waals surface area contributed by atoms with E-state index in [1.165, 1.54) is 32.5 Å². The Morgan fingerprint density at radius 2 is 1.96 bits per heavy atom. The molecule has 6 nitrogen and oxygen atoms in total. The topological polar surface area (TPSA) is 58.1 Å². The molecule has 1 aliphatic rings. The lowest BCUT2D eigenvalue weighted by Crippen LogP contribution is -2.39. The van der Waals surface area contributed by atoms with Gasteiger partial charge >= 0.3 is 0 Å². The number of methoxy groups -OCH3 is 1. The second-order valence-electron chi connectivity index (χ2n) is 6.66. The van der Waals surface area contributed by atoms with Gasteiger partial charge in [0, 0.05) is 19.2 Å². The summed E-state index contributed by atoms with van der Waals surface area (Å²) in [5.74, 6) is 2.46. The first-order valence-electron chi connectivity index (χ1n) is 9.76. The first-order chi connectivity index (χ1) is 12.7. The van der Waals surface area contributed by atoms with Crippen molar-refractivity contribution < 1.29 is 9.47 Å². The molecule has 0 saturated carbocycles. The summed E-state index contributed by atoms with van der Waals surface area (Å²) in [6.07, 6.45) is 3.83. The molecular formula is C20H35IN4O2. The molecule has 1 atom stereocenters. The van der Waals surface area contributed by atoms with Crippen LogP contribution in [0.3, 0.4) is 0 Å². The van der Waals surface area contributed by atoms with E-state index in [4.69, 9.17) is 9.47 Å². The molecule has 0 bridgehead atoms. The fourth-order valence-electron chi connectivity index (χ4n) is 3.02. The number of benzene rings is 1. The number of hydrogen-bond acceptors (Lipinski definition) is 4. The van der Waals surface area contributed by atoms with Crippen molar-refractivity contribution >= 4 is 29.9 Å². The number of ether oxygens (including phenoxy) is 2. The SMILES string of the molecule is CCNC(=NCC(C)Oc1cccc(OC)c1)NCCCN1CCCC1.I. The lowest BCUT2D eigenvalue weighted by atomic mass is 10.3. The fraction of sp³-hybridized carbons (Fsp3) is 0.650. The first kappa shape index (κ1) is 23.8. The molecule has 1 unspecified atom stereocenters. The number of halogens is 1. The number of likely N-dealkylation sites (tertiary alicyclic amines) is 1. The van der Waals surface area contributed by atoms with Crippen LogP contribution in [0.2, 0.25) is 0 Å². The van der Waals surface area contributed by atoms with Gasteiger partial charge in [-0.1, -0.05) is 6.07 Å². The number of rotatable bonds is 10. The van der Waals surface area contributed by atoms with Crippen molar-refractivity contribution in [1.29, 1.82) is 0 Å². The average Bonchev–Trinajstić information content (AvgIpc) is 3.16. The van der Waals surface area contributed by atoms with Crippen LogP contribution >= 0.6 is 24.0 Å². The standard InChI is InChI=1S/C20H34N4O2.HI/c1-4-21-20(22-11-8-14-24-12-5-6-13-24)23-16-17(2)26-19-10-7-9-18(15-19)25-3;/h7,9-10,15,17H,4-6,8,11-14,16H2,1-3H3,(H2,21,22,23);1H. The summed E-state index contributed by atoms with van der Waals surface area (Å²) in [6, 6.07) is 7.66. The third-order valence-corrected chi connectivity index (χ3v) is 4.37. The van der Waals surface area contributed by atoms with Gasteiger partial charge in [0.25, 0.3) is 0 Å². The van der Waals surface area contributed by atoms with Crippen LogP contribution in [-0.4, -0.2) is 63.3 Å². The Kier molecular flexibility index (Phi) is 12.2. The van der Waals surface area contributed by atoms with Gasteiger partial charge in [0.15, 0.2) is 5.96 Å². The second kappa shape index (κ2) is 13.9. The molecule has 2 N–H and O–H groups in total. The average molecular weight is 490 g/mol. The van der Waals surface area contributed by atoms with Crippen molar-refractivity contribution in [1.82, 2.24) is 15.5 Å². The first-order valence-corrected chi connectivity index (χ1v) is 9.76. The minimum atomic E-state index is -0.0119. The van der Waals surface area contributed by atoms with Gasteiger partial charge < -0.3 is 25.0 Å². The molecule has 1 heterocycles. The van der Waals surface area contributed by atoms with Gasteiger partial charge in [-0.05, 0) is 64.9 Å². The zero-order chi connectivity index (χ0) is 18.6. The van der Waals surface area contributed by atoms with Crippen molar-refractivity contribution in [2.24, 2.45) is 4.99 Å². The van der Waals surface area contributed by atoms with E-state index in [1.54, 1.807) is 7.11 Å². The smallest absolute Gasteiger partial charge is 0.191 e. The van der Waals surface area contributed by atoms with Crippen LogP contribution in [-0.2, 0) is 0 Å². The Balaban J connectivity index is 0.00000364. The molecule has 1 aliphatic heterocycles. The highest BCUT2D eigenvalue weighted by molar-refractivity contribution is 14.0. The number of nitrogens with one attached hydrogen (secondary N) is 2. The molecule has 0 amide bonds. The Hall–Kier alpha value is -1.22. The fourth-order valence-corrected chi connectivity index (χ4v) is 3.02. The quantitative estimate of drug-likeness (QED) is 0.229. The molecule has 0 spiro atoms. The number of aliphatic imine (C=N–C) groups is 1. The van der Waals surface area contributed by atoms with Gasteiger partial charge in [-0.3, -0.25) is 0 Å². The van der Waals surface area contributed by atoms with Gasteiger partial charge in [0.2, 0.25) is 0 Å². The summed E-state index contributed by atoms with van der Waals surface area (Å²) in [7, 11) is 1.66. The highest BCUT2D eigenvalue weighted by Gasteiger charge is 2.10. The van der Waals surface area contributed by atoms with Crippen molar-refractivity contribution in [3.63, 3.8) is 0 Å². The Morgan fingerprint density at radius 3 is 2.67 bits per heavy atom. The zero-order valence-electron chi connectivity index (χ0n) is 16.9. The van der Waals surface area contributed by atoms with E-state index in [-0.39, 0.29) is 30.1 Å². The van der Waals surface area contributed by atoms with Crippen LogP contribution in [0.25, 0.3) is 0 Å². The highest BCUT2D eigenvalue weighted by atomic mass is 127. The Bertz CT molecular complexity index is 551. The van der Waals surface area contributed by atoms with E-state index in [0.29, 0.717) is 6.54 Å². The second-order valence-corrected chi connectivity index (χ2v) is 6.66. The maximum Gasteiger partial charge on any atom is 0.191 e. The third-order valence-electron chi connectivity index (χ3n) is 4.37. The molecule has 2 rings (SSSR count). The molecule has 1 saturated heterocycles. The largest absolute Gasteiger partial charge is 0.497 e. The molecular weight excluding hydrogens is 455 g/mol. The van der Waals surface area contributed by atoms with Crippen molar-refractivity contribution in [2.45, 2.75) is 39.2 Å². The van der Waals surface area contributed by atoms with Crippen LogP contribution in [0, 0.1) is 0 Å². The molecule has 1 aromatic carbocycles. The molecule has 0 aromatic heterocycles. The highest BCUT2D eigenvalue weighted by Crippen LogP contribution is 2.19. The van der Waals surface area contributed by atoms with Crippen molar-refractivity contribution in [3.05, 3.63) is 24.3 Å². The minimum absolute atomic E-state index is 0. The predicted octanol–water partition coefficient (Wildman–Crippen LogP) is 3.12. The maximum absolute atomic E-state index is 5.93. The van der Waals surface area contributed by atoms with E-state index in [2.05, 4.69) is 27.4 Å². The van der Waals surface area contributed by atoms with E-state index in [1.807, 2.05) is 31.2 Å². The molecule has 27 heavy (non-hydrogen) atoms. The van der Waals surface area contributed by atoms with Gasteiger partial charge in [-0.15, -0.1) is 24.0 Å². The van der Waals surface area contributed by atoms with Crippen molar-refractivity contribution in [3.8, 4) is 11.5 Å². The molecule has 0 aliphatic carbocycles. The van der Waals surface area contributed by atoms with E-state index in [9.17, 15) is 0 Å². The van der Waals surface area contributed by atoms with E-state index in [0.717, 1.165) is 37.0 Å². The third kappa shape index (κ3) is 9.51. The van der Waals surface area contributed by atoms with Crippen LogP contribution in [0.15, 0.2) is 29.3 Å². The molecule has 7 heteroatoms. The van der Waals surface area contributed by atoms with Crippen molar-refractivity contribution in [2.75, 3.05) is 46.4 Å². The van der Waals surface area contributed by atoms with Gasteiger partial charge in [-0.25, -0.2) is 4.99 Å². The predicted molar refractivity (Wildman–Crippen MR) is 123 cm³/mol. The van der Waals surface area contributed by atoms with Crippen LogP contribution < -0.4 is 20.1 Å². The zero-order valence-corrected chi connectivity index (χ0v) is 19.2. The van der Waals surface area contributed by atoms with E-state index < -0.39 is 0 Å². The molecule has 0 radical (unpaired) electrons. The lowest BCUT2D eigenvalue weighted by molar-refractivity contribution is 0.229. The minimum Gasteiger partial charge on any atom is -0.497 e. The molecule has 1 fully saturated rings. The Morgan fingerprint density at radius 1 is 1.22 bits per heavy atom. The lowest BCUT2D eigenvalue weighted by Gasteiger charge is -2.17. The number of hydrogen-bond donors (Lipinski definition) is 2. The maximum atomic E-state index is 5.93. The van der Waals surface area contributed by atoms with E-state index >= 15 is 0 Å². The van der Waals surface area contributed by atoms with Crippen LogP contribution in [0.1, 0.15) is 33.1 Å². The summed E-state index contributed by atoms with van der Waals surface area (Å²) < 4.78 is 11.2. The summed E-state index contributed by atoms with van der Waals surface area (Å²) >= 11 is 0. The summed E-state index contributed by atoms with van der Waals surface area (Å²) in [5.41, 5.74) is 0. The van der Waals surface area contributed by atoms with Gasteiger partial charge in [-0.2, -0.15) is 0 Å². The normalized spacial score (nSPS) is 15.7.